The van der Waals surface area contributed by atoms with E-state index in [1.807, 2.05) is 27.7 Å². The highest BCUT2D eigenvalue weighted by Crippen LogP contribution is 2.39. The highest BCUT2D eigenvalue weighted by atomic mass is 19.2. The Morgan fingerprint density at radius 3 is 1.89 bits per heavy atom. The molecule has 1 atom stereocenters. The molecule has 1 unspecified atom stereocenters. The van der Waals surface area contributed by atoms with E-state index in [0.29, 0.717) is 18.9 Å². The molecule has 1 N–H and O–H groups in total. The van der Waals surface area contributed by atoms with Gasteiger partial charge in [-0.15, -0.1) is 0 Å². The van der Waals surface area contributed by atoms with Crippen LogP contribution in [0.2, 0.25) is 0 Å². The molecule has 0 aliphatic rings. The lowest BCUT2D eigenvalue weighted by Gasteiger charge is -2.43. The lowest BCUT2D eigenvalue weighted by atomic mass is 9.67. The van der Waals surface area contributed by atoms with Crippen LogP contribution >= 0.6 is 0 Å². The SMILES string of the molecule is CCCCCCCCC(CCc1cc(F)c(F)cc1F)C(O)(C(C)C)C(C)C. The summed E-state index contributed by atoms with van der Waals surface area (Å²) < 4.78 is 40.8. The minimum Gasteiger partial charge on any atom is -0.389 e. The summed E-state index contributed by atoms with van der Waals surface area (Å²) in [6, 6.07) is 1.57. The number of rotatable bonds is 13. The number of hydrogen-bond acceptors (Lipinski definition) is 1. The number of aliphatic hydroxyl groups is 1. The number of hydrogen-bond donors (Lipinski definition) is 1. The molecule has 0 heterocycles. The maximum absolute atomic E-state index is 14.1. The van der Waals surface area contributed by atoms with E-state index < -0.39 is 23.1 Å². The van der Waals surface area contributed by atoms with Gasteiger partial charge in [0.05, 0.1) is 5.60 Å². The fraction of sp³-hybridized carbons (Fsp3) is 0.750. The largest absolute Gasteiger partial charge is 0.389 e. The number of aryl methyl sites for hydroxylation is 1. The molecule has 0 bridgehead atoms. The minimum absolute atomic E-state index is 0.00816. The van der Waals surface area contributed by atoms with Crippen molar-refractivity contribution in [3.05, 3.63) is 35.1 Å². The van der Waals surface area contributed by atoms with Gasteiger partial charge in [-0.3, -0.25) is 0 Å². The predicted octanol–water partition coefficient (Wildman–Crippen LogP) is 7.45. The molecule has 28 heavy (non-hydrogen) atoms. The van der Waals surface area contributed by atoms with Crippen molar-refractivity contribution in [1.82, 2.24) is 0 Å². The highest BCUT2D eigenvalue weighted by molar-refractivity contribution is 5.20. The number of unbranched alkanes of at least 4 members (excludes halogenated alkanes) is 5. The zero-order valence-corrected chi connectivity index (χ0v) is 18.3. The Hall–Kier alpha value is -1.03. The smallest absolute Gasteiger partial charge is 0.161 e. The van der Waals surface area contributed by atoms with Gasteiger partial charge in [0.1, 0.15) is 5.82 Å². The van der Waals surface area contributed by atoms with Crippen LogP contribution in [0, 0.1) is 35.2 Å². The van der Waals surface area contributed by atoms with Crippen LogP contribution in [-0.4, -0.2) is 10.7 Å². The first-order valence-electron chi connectivity index (χ1n) is 11.0. The van der Waals surface area contributed by atoms with E-state index in [4.69, 9.17) is 0 Å². The Morgan fingerprint density at radius 2 is 1.32 bits per heavy atom. The lowest BCUT2D eigenvalue weighted by molar-refractivity contribution is -0.101. The van der Waals surface area contributed by atoms with Gasteiger partial charge in [0.2, 0.25) is 0 Å². The van der Waals surface area contributed by atoms with Gasteiger partial charge in [-0.1, -0.05) is 73.1 Å². The van der Waals surface area contributed by atoms with Crippen molar-refractivity contribution in [2.75, 3.05) is 0 Å². The Kier molecular flexibility index (Phi) is 10.6. The third kappa shape index (κ3) is 6.79. The van der Waals surface area contributed by atoms with Crippen LogP contribution in [0.5, 0.6) is 0 Å². The molecule has 0 aliphatic heterocycles. The Morgan fingerprint density at radius 1 is 0.786 bits per heavy atom. The summed E-state index contributed by atoms with van der Waals surface area (Å²) in [6.07, 6.45) is 8.77. The van der Waals surface area contributed by atoms with E-state index in [1.54, 1.807) is 0 Å². The third-order valence-corrected chi connectivity index (χ3v) is 6.26. The van der Waals surface area contributed by atoms with E-state index in [0.717, 1.165) is 25.3 Å². The van der Waals surface area contributed by atoms with Crippen molar-refractivity contribution in [1.29, 1.82) is 0 Å². The Bertz CT molecular complexity index is 575. The van der Waals surface area contributed by atoms with Crippen molar-refractivity contribution in [2.24, 2.45) is 17.8 Å². The molecule has 1 nitrogen and oxygen atoms in total. The normalized spacial score (nSPS) is 13.5. The molecule has 1 rings (SSSR count). The molecule has 0 fully saturated rings. The van der Waals surface area contributed by atoms with Crippen molar-refractivity contribution in [3.63, 3.8) is 0 Å². The van der Waals surface area contributed by atoms with Crippen LogP contribution in [0.3, 0.4) is 0 Å². The van der Waals surface area contributed by atoms with Crippen LogP contribution in [0.15, 0.2) is 12.1 Å². The fourth-order valence-electron chi connectivity index (χ4n) is 4.47. The second kappa shape index (κ2) is 11.8. The molecular formula is C24H39F3O. The van der Waals surface area contributed by atoms with E-state index in [-0.39, 0.29) is 23.3 Å². The van der Waals surface area contributed by atoms with Crippen LogP contribution in [0.25, 0.3) is 0 Å². The van der Waals surface area contributed by atoms with Gasteiger partial charge in [-0.25, -0.2) is 13.2 Å². The van der Waals surface area contributed by atoms with Gasteiger partial charge >= 0.3 is 0 Å². The molecule has 0 spiro atoms. The summed E-state index contributed by atoms with van der Waals surface area (Å²) in [6.45, 7) is 10.3. The predicted molar refractivity (Wildman–Crippen MR) is 111 cm³/mol. The fourth-order valence-corrected chi connectivity index (χ4v) is 4.47. The maximum Gasteiger partial charge on any atom is 0.161 e. The minimum atomic E-state index is -1.16. The summed E-state index contributed by atoms with van der Waals surface area (Å²) in [5.41, 5.74) is -0.680. The van der Waals surface area contributed by atoms with Gasteiger partial charge in [0.25, 0.3) is 0 Å². The van der Waals surface area contributed by atoms with Gasteiger partial charge in [-0.2, -0.15) is 0 Å². The molecule has 0 amide bonds. The number of halogens is 3. The van der Waals surface area contributed by atoms with Crippen LogP contribution in [-0.2, 0) is 6.42 Å². The van der Waals surface area contributed by atoms with Crippen molar-refractivity contribution in [2.45, 2.75) is 98.0 Å². The Labute approximate surface area is 169 Å². The van der Waals surface area contributed by atoms with Gasteiger partial charge < -0.3 is 5.11 Å². The van der Waals surface area contributed by atoms with Crippen LogP contribution in [0.1, 0.15) is 91.5 Å². The molecule has 0 saturated carbocycles. The first-order valence-corrected chi connectivity index (χ1v) is 11.0. The molecule has 0 radical (unpaired) electrons. The second-order valence-electron chi connectivity index (χ2n) is 8.85. The molecule has 162 valence electrons. The first kappa shape index (κ1) is 25.0. The molecular weight excluding hydrogens is 361 g/mol. The van der Waals surface area contributed by atoms with Gasteiger partial charge in [0, 0.05) is 6.07 Å². The van der Waals surface area contributed by atoms with Crippen molar-refractivity contribution >= 4 is 0 Å². The quantitative estimate of drug-likeness (QED) is 0.269. The van der Waals surface area contributed by atoms with E-state index >= 15 is 0 Å². The maximum atomic E-state index is 14.1. The van der Waals surface area contributed by atoms with Crippen molar-refractivity contribution < 1.29 is 18.3 Å². The monoisotopic (exact) mass is 400 g/mol. The van der Waals surface area contributed by atoms with Gasteiger partial charge in [-0.05, 0) is 48.6 Å². The molecule has 4 heteroatoms. The van der Waals surface area contributed by atoms with Gasteiger partial charge in [0.15, 0.2) is 11.6 Å². The van der Waals surface area contributed by atoms with E-state index in [9.17, 15) is 18.3 Å². The van der Waals surface area contributed by atoms with E-state index in [1.165, 1.54) is 25.7 Å². The van der Waals surface area contributed by atoms with Crippen LogP contribution < -0.4 is 0 Å². The Balaban J connectivity index is 2.87. The molecule has 0 aromatic heterocycles. The standard InChI is InChI=1S/C24H39F3O/c1-6-7-8-9-10-11-12-20(24(28,17(2)3)18(4)5)14-13-19-15-22(26)23(27)16-21(19)25/h15-18,20,28H,6-14H2,1-5H3. The molecule has 1 aromatic rings. The second-order valence-corrected chi connectivity index (χ2v) is 8.85. The summed E-state index contributed by atoms with van der Waals surface area (Å²) in [7, 11) is 0. The van der Waals surface area contributed by atoms with Crippen LogP contribution in [0.4, 0.5) is 13.2 Å². The van der Waals surface area contributed by atoms with E-state index in [2.05, 4.69) is 6.92 Å². The summed E-state index contributed by atoms with van der Waals surface area (Å²) in [5, 5.41) is 11.5. The zero-order chi connectivity index (χ0) is 21.3. The molecule has 0 aliphatic carbocycles. The summed E-state index contributed by atoms with van der Waals surface area (Å²) in [5.74, 6) is -2.78. The summed E-state index contributed by atoms with van der Waals surface area (Å²) in [4.78, 5) is 0. The van der Waals surface area contributed by atoms with Crippen molar-refractivity contribution in [3.8, 4) is 0 Å². The highest BCUT2D eigenvalue weighted by Gasteiger charge is 2.41. The molecule has 0 saturated heterocycles. The average Bonchev–Trinajstić information content (AvgIpc) is 2.63. The topological polar surface area (TPSA) is 20.2 Å². The third-order valence-electron chi connectivity index (χ3n) is 6.26. The number of benzene rings is 1. The first-order chi connectivity index (χ1) is 13.1. The zero-order valence-electron chi connectivity index (χ0n) is 18.3. The average molecular weight is 401 g/mol. The summed E-state index contributed by atoms with van der Waals surface area (Å²) >= 11 is 0. The lowest BCUT2D eigenvalue weighted by Crippen LogP contribution is -2.48. The molecule has 1 aromatic carbocycles.